The lowest BCUT2D eigenvalue weighted by atomic mass is 10.0. The van der Waals surface area contributed by atoms with Crippen molar-refractivity contribution in [3.8, 4) is 0 Å². The Morgan fingerprint density at radius 1 is 0.380 bits per heavy atom. The zero-order valence-electron chi connectivity index (χ0n) is 48.0. The first-order valence-corrected chi connectivity index (χ1v) is 32.1. The van der Waals surface area contributed by atoms with Crippen molar-refractivity contribution in [1.82, 2.24) is 5.32 Å². The average molecular weight is 1000 g/mol. The number of aliphatic hydroxyl groups is 2. The fraction of sp³-hybridized carbons (Fsp3) is 0.908. The van der Waals surface area contributed by atoms with Gasteiger partial charge < -0.3 is 20.3 Å². The van der Waals surface area contributed by atoms with Crippen LogP contribution in [0.15, 0.2) is 24.3 Å². The number of carbonyl (C=O) groups is 2. The highest BCUT2D eigenvalue weighted by Gasteiger charge is 2.20. The van der Waals surface area contributed by atoms with Crippen LogP contribution in [0.3, 0.4) is 0 Å². The van der Waals surface area contributed by atoms with Gasteiger partial charge >= 0.3 is 5.97 Å². The molecule has 3 N–H and O–H groups in total. The molecule has 420 valence electrons. The Hall–Kier alpha value is -1.66. The van der Waals surface area contributed by atoms with Crippen LogP contribution in [0.25, 0.3) is 0 Å². The molecule has 0 aromatic rings. The normalized spacial score (nSPS) is 12.7. The van der Waals surface area contributed by atoms with Crippen molar-refractivity contribution in [3.05, 3.63) is 24.3 Å². The van der Waals surface area contributed by atoms with Crippen molar-refractivity contribution < 1.29 is 24.5 Å². The van der Waals surface area contributed by atoms with Crippen LogP contribution in [0.5, 0.6) is 0 Å². The SMILES string of the molecule is CCCCCCC/C=C\CCCCCCCC(=O)OCCCCCCCCCCCCCC/C=C\CCCCCCCCCCC(=O)NC(CO)C(O)CCCCCCCCCCCCCCCCCC. The first-order valence-electron chi connectivity index (χ1n) is 32.1. The van der Waals surface area contributed by atoms with Gasteiger partial charge in [-0.05, 0) is 77.0 Å². The number of nitrogens with one attached hydrogen (secondary N) is 1. The molecule has 0 heterocycles. The molecule has 0 rings (SSSR count). The van der Waals surface area contributed by atoms with Gasteiger partial charge in [-0.3, -0.25) is 9.59 Å². The Balaban J connectivity index is 3.40. The molecule has 2 atom stereocenters. The molecule has 0 radical (unpaired) electrons. The van der Waals surface area contributed by atoms with E-state index in [1.807, 2.05) is 0 Å². The maximum Gasteiger partial charge on any atom is 0.305 e. The maximum absolute atomic E-state index is 12.5. The zero-order valence-corrected chi connectivity index (χ0v) is 48.0. The molecule has 6 nitrogen and oxygen atoms in total. The van der Waals surface area contributed by atoms with Crippen LogP contribution in [-0.4, -0.2) is 47.4 Å². The number of hydrogen-bond acceptors (Lipinski definition) is 5. The number of unbranched alkanes of at least 4 members (excludes halogenated alkanes) is 45. The maximum atomic E-state index is 12.5. The van der Waals surface area contributed by atoms with Crippen LogP contribution in [-0.2, 0) is 14.3 Å². The summed E-state index contributed by atoms with van der Waals surface area (Å²) in [5, 5.41) is 23.3. The molecule has 6 heteroatoms. The van der Waals surface area contributed by atoms with E-state index in [1.54, 1.807) is 0 Å². The summed E-state index contributed by atoms with van der Waals surface area (Å²) in [7, 11) is 0. The minimum Gasteiger partial charge on any atom is -0.466 e. The van der Waals surface area contributed by atoms with Crippen LogP contribution < -0.4 is 5.32 Å². The summed E-state index contributed by atoms with van der Waals surface area (Å²) in [6, 6.07) is -0.545. The number of rotatable bonds is 60. The van der Waals surface area contributed by atoms with Crippen LogP contribution >= 0.6 is 0 Å². The van der Waals surface area contributed by atoms with Gasteiger partial charge in [0.2, 0.25) is 5.91 Å². The number of aliphatic hydroxyl groups excluding tert-OH is 2. The molecule has 0 fully saturated rings. The molecular formula is C65H125NO5. The van der Waals surface area contributed by atoms with E-state index in [0.717, 1.165) is 44.9 Å². The fourth-order valence-corrected chi connectivity index (χ4v) is 10.0. The number of amides is 1. The van der Waals surface area contributed by atoms with E-state index >= 15 is 0 Å². The van der Waals surface area contributed by atoms with E-state index in [2.05, 4.69) is 43.5 Å². The quantitative estimate of drug-likeness (QED) is 0.0320. The second-order valence-corrected chi connectivity index (χ2v) is 22.1. The Morgan fingerprint density at radius 2 is 0.662 bits per heavy atom. The van der Waals surface area contributed by atoms with Crippen molar-refractivity contribution in [2.45, 2.75) is 366 Å². The molecule has 0 saturated carbocycles. The summed E-state index contributed by atoms with van der Waals surface area (Å²) in [5.41, 5.74) is 0. The van der Waals surface area contributed by atoms with Gasteiger partial charge in [0.15, 0.2) is 0 Å². The highest BCUT2D eigenvalue weighted by atomic mass is 16.5. The summed E-state index contributed by atoms with van der Waals surface area (Å²) >= 11 is 0. The highest BCUT2D eigenvalue weighted by Crippen LogP contribution is 2.18. The van der Waals surface area contributed by atoms with Gasteiger partial charge in [-0.15, -0.1) is 0 Å². The molecule has 0 aliphatic rings. The summed E-state index contributed by atoms with van der Waals surface area (Å²) in [4.78, 5) is 24.5. The van der Waals surface area contributed by atoms with Crippen molar-refractivity contribution in [3.63, 3.8) is 0 Å². The topological polar surface area (TPSA) is 95.9 Å². The number of esters is 1. The summed E-state index contributed by atoms with van der Waals surface area (Å²) in [6.45, 7) is 4.96. The molecule has 0 saturated heterocycles. The van der Waals surface area contributed by atoms with Crippen LogP contribution in [0.1, 0.15) is 354 Å². The van der Waals surface area contributed by atoms with Gasteiger partial charge in [-0.1, -0.05) is 289 Å². The Kier molecular flexibility index (Phi) is 59.5. The lowest BCUT2D eigenvalue weighted by Gasteiger charge is -2.22. The predicted octanol–water partition coefficient (Wildman–Crippen LogP) is 20.2. The third kappa shape index (κ3) is 57.5. The van der Waals surface area contributed by atoms with Gasteiger partial charge in [0.05, 0.1) is 25.4 Å². The van der Waals surface area contributed by atoms with Crippen LogP contribution in [0.4, 0.5) is 0 Å². The summed E-state index contributed by atoms with van der Waals surface area (Å²) in [5.74, 6) is -0.0328. The van der Waals surface area contributed by atoms with E-state index in [4.69, 9.17) is 4.74 Å². The van der Waals surface area contributed by atoms with Gasteiger partial charge in [0.1, 0.15) is 0 Å². The number of carbonyl (C=O) groups excluding carboxylic acids is 2. The average Bonchev–Trinajstić information content (AvgIpc) is 3.37. The number of ether oxygens (including phenoxy) is 1. The molecule has 0 spiro atoms. The molecule has 1 amide bonds. The van der Waals surface area contributed by atoms with E-state index in [1.165, 1.54) is 276 Å². The molecule has 0 aromatic heterocycles. The molecule has 0 bridgehead atoms. The van der Waals surface area contributed by atoms with Crippen molar-refractivity contribution in [2.75, 3.05) is 13.2 Å². The van der Waals surface area contributed by atoms with Crippen LogP contribution in [0, 0.1) is 0 Å². The minimum absolute atomic E-state index is 0.00442. The number of allylic oxidation sites excluding steroid dienone is 4. The zero-order chi connectivity index (χ0) is 51.4. The Labute approximate surface area is 443 Å². The first-order chi connectivity index (χ1) is 35.0. The molecule has 2 unspecified atom stereocenters. The predicted molar refractivity (Wildman–Crippen MR) is 310 cm³/mol. The smallest absolute Gasteiger partial charge is 0.305 e. The second-order valence-electron chi connectivity index (χ2n) is 22.1. The Morgan fingerprint density at radius 3 is 1.00 bits per heavy atom. The Bertz CT molecular complexity index is 1110. The molecule has 0 aromatic carbocycles. The standard InChI is InChI=1S/C65H125NO5/c1-3-5-7-9-11-13-15-17-19-30-33-37-41-45-49-53-57-63(68)62(61-67)66-64(69)58-54-50-46-42-38-34-31-28-26-24-22-20-21-23-25-27-29-32-36-40-44-48-52-56-60-71-65(70)59-55-51-47-43-39-35-18-16-14-12-10-8-6-4-2/h16,18,22,24,62-63,67-68H,3-15,17,19-21,23,25-61H2,1-2H3,(H,66,69)/b18-16-,24-22-. The molecule has 71 heavy (non-hydrogen) atoms. The van der Waals surface area contributed by atoms with Gasteiger partial charge in [-0.2, -0.15) is 0 Å². The lowest BCUT2D eigenvalue weighted by Crippen LogP contribution is -2.45. The van der Waals surface area contributed by atoms with Crippen molar-refractivity contribution in [2.24, 2.45) is 0 Å². The largest absolute Gasteiger partial charge is 0.466 e. The third-order valence-electron chi connectivity index (χ3n) is 15.0. The van der Waals surface area contributed by atoms with Gasteiger partial charge in [0, 0.05) is 12.8 Å². The number of hydrogen-bond donors (Lipinski definition) is 3. The second kappa shape index (κ2) is 60.9. The molecule has 0 aliphatic carbocycles. The summed E-state index contributed by atoms with van der Waals surface area (Å²) < 4.78 is 5.48. The molecule has 0 aliphatic heterocycles. The third-order valence-corrected chi connectivity index (χ3v) is 15.0. The van der Waals surface area contributed by atoms with Gasteiger partial charge in [0.25, 0.3) is 0 Å². The van der Waals surface area contributed by atoms with E-state index < -0.39 is 12.1 Å². The van der Waals surface area contributed by atoms with Crippen LogP contribution in [0.2, 0.25) is 0 Å². The molecular weight excluding hydrogens is 875 g/mol. The van der Waals surface area contributed by atoms with Crippen molar-refractivity contribution in [1.29, 1.82) is 0 Å². The van der Waals surface area contributed by atoms with E-state index in [0.29, 0.717) is 25.9 Å². The fourth-order valence-electron chi connectivity index (χ4n) is 10.0. The summed E-state index contributed by atoms with van der Waals surface area (Å²) in [6.07, 6.45) is 74.8. The lowest BCUT2D eigenvalue weighted by molar-refractivity contribution is -0.143. The van der Waals surface area contributed by atoms with E-state index in [9.17, 15) is 19.8 Å². The van der Waals surface area contributed by atoms with Crippen molar-refractivity contribution >= 4 is 11.9 Å². The minimum atomic E-state index is -0.667. The monoisotopic (exact) mass is 1000 g/mol. The first kappa shape index (κ1) is 69.3. The van der Waals surface area contributed by atoms with E-state index in [-0.39, 0.29) is 18.5 Å². The van der Waals surface area contributed by atoms with Gasteiger partial charge in [-0.25, -0.2) is 0 Å². The highest BCUT2D eigenvalue weighted by molar-refractivity contribution is 5.76.